The molecule has 0 saturated carbocycles. The van der Waals surface area contributed by atoms with Gasteiger partial charge in [0, 0.05) is 32.0 Å². The number of benzene rings is 3. The number of aromatic nitrogens is 4. The van der Waals surface area contributed by atoms with E-state index in [0.29, 0.717) is 4.83 Å². The first-order valence-corrected chi connectivity index (χ1v) is 21.8. The van der Waals surface area contributed by atoms with Crippen molar-refractivity contribution in [3.63, 3.8) is 0 Å². The number of fused-ring (bicyclic) bond motifs is 4. The maximum absolute atomic E-state index is 13.5. The quantitative estimate of drug-likeness (QED) is 0.102. The molecule has 0 fully saturated rings. The van der Waals surface area contributed by atoms with E-state index in [9.17, 15) is 4.39 Å². The van der Waals surface area contributed by atoms with Crippen molar-refractivity contribution in [2.45, 2.75) is 30.7 Å². The summed E-state index contributed by atoms with van der Waals surface area (Å²) in [5.74, 6) is 7.58. The SMILES string of the molecule is CCn1c(-c2[c-]ccc3c2sc2nc(F)ccc23)nc2ccccc21.[CH3][Ge]([CH3])([CH3])[c]1ccc(-c2[c-]cccc2)nc1.[Ir]. The van der Waals surface area contributed by atoms with Crippen LogP contribution in [0, 0.1) is 18.1 Å². The van der Waals surface area contributed by atoms with E-state index in [1.165, 1.54) is 21.8 Å². The second-order valence-electron chi connectivity index (χ2n) is 10.8. The van der Waals surface area contributed by atoms with Gasteiger partial charge in [-0.15, -0.1) is 18.2 Å². The zero-order valence-corrected chi connectivity index (χ0v) is 29.1. The van der Waals surface area contributed by atoms with Crippen molar-refractivity contribution in [3.8, 4) is 22.6 Å². The number of thiophene rings is 1. The van der Waals surface area contributed by atoms with Gasteiger partial charge in [0.05, 0.1) is 16.9 Å². The molecule has 0 unspecified atom stereocenters. The Balaban J connectivity index is 0.000000181. The summed E-state index contributed by atoms with van der Waals surface area (Å²) in [4.78, 5) is 14.1. The minimum absolute atomic E-state index is 0. The number of halogens is 1. The Kier molecular flexibility index (Phi) is 9.04. The average Bonchev–Trinajstić information content (AvgIpc) is 3.55. The largest absolute Gasteiger partial charge is 0 e. The van der Waals surface area contributed by atoms with Crippen LogP contribution in [0.4, 0.5) is 4.39 Å². The van der Waals surface area contributed by atoms with Gasteiger partial charge in [-0.2, -0.15) is 15.7 Å². The number of aryl methyl sites for hydroxylation is 1. The standard InChI is InChI=1S/C20H13FN3S.C14H16GeN.Ir/c1-2-24-16-9-4-3-8-15(16)22-19(24)14-7-5-6-12-13-10-11-17(21)23-20(13)25-18(12)14;1-15(2,3)13-9-10-14(16-11-13)12-7-5-4-6-8-12;/h3-6,8-11H,2H2,1H3;4-7,9-11H,1-3H3;/q2*-1;. The molecule has 0 bridgehead atoms. The number of nitrogens with zero attached hydrogens (tertiary/aromatic N) is 4. The van der Waals surface area contributed by atoms with E-state index >= 15 is 0 Å². The van der Waals surface area contributed by atoms with Gasteiger partial charge in [0.25, 0.3) is 0 Å². The molecular formula is C34H29FGeIrN4S-2. The zero-order chi connectivity index (χ0) is 28.6. The Morgan fingerprint density at radius 2 is 1.67 bits per heavy atom. The molecule has 4 nitrogen and oxygen atoms in total. The molecule has 7 aromatic rings. The van der Waals surface area contributed by atoms with Gasteiger partial charge >= 0.3 is 99.8 Å². The first-order chi connectivity index (χ1) is 19.8. The fourth-order valence-electron chi connectivity index (χ4n) is 4.90. The molecule has 0 aliphatic carbocycles. The molecule has 0 saturated heterocycles. The van der Waals surface area contributed by atoms with E-state index in [-0.39, 0.29) is 20.1 Å². The summed E-state index contributed by atoms with van der Waals surface area (Å²) in [7, 11) is 0. The Hall–Kier alpha value is -3.23. The zero-order valence-electron chi connectivity index (χ0n) is 23.8. The molecule has 1 radical (unpaired) electrons. The van der Waals surface area contributed by atoms with E-state index in [1.807, 2.05) is 60.8 Å². The number of para-hydroxylation sites is 2. The van der Waals surface area contributed by atoms with Gasteiger partial charge in [-0.3, -0.25) is 4.98 Å². The maximum Gasteiger partial charge on any atom is 0 e. The fourth-order valence-corrected chi connectivity index (χ4v) is 8.23. The minimum atomic E-state index is -1.72. The van der Waals surface area contributed by atoms with Gasteiger partial charge in [-0.25, -0.2) is 4.98 Å². The molecule has 4 heterocycles. The summed E-state index contributed by atoms with van der Waals surface area (Å²) in [6.45, 7) is 2.93. The summed E-state index contributed by atoms with van der Waals surface area (Å²) in [5, 5.41) is 2.03. The summed E-state index contributed by atoms with van der Waals surface area (Å²) in [5.41, 5.74) is 5.09. The van der Waals surface area contributed by atoms with Crippen LogP contribution < -0.4 is 4.40 Å². The number of hydrogen-bond donors (Lipinski definition) is 0. The van der Waals surface area contributed by atoms with Crippen LogP contribution in [0.3, 0.4) is 0 Å². The smallest absolute Gasteiger partial charge is 0 e. The number of pyridine rings is 2. The van der Waals surface area contributed by atoms with Crippen molar-refractivity contribution in [3.05, 3.63) is 109 Å². The van der Waals surface area contributed by atoms with E-state index < -0.39 is 19.2 Å². The first-order valence-electron chi connectivity index (χ1n) is 13.6. The van der Waals surface area contributed by atoms with Crippen LogP contribution in [0.25, 0.3) is 54.0 Å². The normalized spacial score (nSPS) is 11.4. The molecule has 3 aromatic carbocycles. The third-order valence-electron chi connectivity index (χ3n) is 7.07. The number of imidazole rings is 1. The monoisotopic (exact) mass is 811 g/mol. The minimum Gasteiger partial charge on any atom is 0 e. The predicted molar refractivity (Wildman–Crippen MR) is 172 cm³/mol. The maximum atomic E-state index is 13.5. The molecule has 4 aromatic heterocycles. The molecule has 0 aliphatic rings. The molecule has 0 atom stereocenters. The van der Waals surface area contributed by atoms with Crippen molar-refractivity contribution in [1.82, 2.24) is 19.5 Å². The molecule has 213 valence electrons. The molecule has 8 heteroatoms. The van der Waals surface area contributed by atoms with Gasteiger partial charge in [0.15, 0.2) is 0 Å². The van der Waals surface area contributed by atoms with Crippen LogP contribution in [-0.4, -0.2) is 32.8 Å². The average molecular weight is 810 g/mol. The topological polar surface area (TPSA) is 43.6 Å². The molecule has 0 amide bonds. The van der Waals surface area contributed by atoms with Crippen molar-refractivity contribution >= 4 is 60.3 Å². The van der Waals surface area contributed by atoms with Gasteiger partial charge < -0.3 is 4.57 Å². The van der Waals surface area contributed by atoms with Crippen LogP contribution >= 0.6 is 11.3 Å². The first kappa shape index (κ1) is 30.2. The van der Waals surface area contributed by atoms with Crippen molar-refractivity contribution in [2.75, 3.05) is 0 Å². The number of rotatable bonds is 4. The second kappa shape index (κ2) is 12.6. The van der Waals surface area contributed by atoms with Crippen LogP contribution in [-0.2, 0) is 26.7 Å². The van der Waals surface area contributed by atoms with E-state index in [2.05, 4.69) is 69.1 Å². The molecule has 7 rings (SSSR count). The van der Waals surface area contributed by atoms with Crippen LogP contribution in [0.2, 0.25) is 17.3 Å². The van der Waals surface area contributed by atoms with Gasteiger partial charge in [0.2, 0.25) is 5.95 Å². The molecule has 42 heavy (non-hydrogen) atoms. The van der Waals surface area contributed by atoms with Crippen molar-refractivity contribution in [2.24, 2.45) is 0 Å². The molecule has 0 spiro atoms. The van der Waals surface area contributed by atoms with Crippen LogP contribution in [0.1, 0.15) is 6.92 Å². The van der Waals surface area contributed by atoms with E-state index in [1.54, 1.807) is 6.07 Å². The molecular weight excluding hydrogens is 780 g/mol. The Labute approximate surface area is 265 Å². The Morgan fingerprint density at radius 3 is 2.38 bits per heavy atom. The third kappa shape index (κ3) is 5.97. The van der Waals surface area contributed by atoms with E-state index in [4.69, 9.17) is 4.98 Å². The fraction of sp³-hybridized carbons (Fsp3) is 0.147. The summed E-state index contributed by atoms with van der Waals surface area (Å²) in [6, 6.07) is 34.1. The van der Waals surface area contributed by atoms with E-state index in [0.717, 1.165) is 55.7 Å². The summed E-state index contributed by atoms with van der Waals surface area (Å²) in [6.07, 6.45) is 2.04. The Morgan fingerprint density at radius 1 is 0.857 bits per heavy atom. The Bertz CT molecular complexity index is 1980. The van der Waals surface area contributed by atoms with Crippen molar-refractivity contribution in [1.29, 1.82) is 0 Å². The third-order valence-corrected chi connectivity index (χ3v) is 12.5. The summed E-state index contributed by atoms with van der Waals surface area (Å²) >= 11 is -0.225. The van der Waals surface area contributed by atoms with Gasteiger partial charge in [-0.05, 0) is 35.9 Å². The molecule has 0 N–H and O–H groups in total. The van der Waals surface area contributed by atoms with Crippen molar-refractivity contribution < 1.29 is 24.5 Å². The molecule has 0 aliphatic heterocycles. The predicted octanol–water partition coefficient (Wildman–Crippen LogP) is 8.52. The second-order valence-corrected chi connectivity index (χ2v) is 22.5. The number of hydrogen-bond acceptors (Lipinski definition) is 4. The summed E-state index contributed by atoms with van der Waals surface area (Å²) < 4.78 is 18.2. The van der Waals surface area contributed by atoms with Gasteiger partial charge in [0.1, 0.15) is 4.83 Å². The van der Waals surface area contributed by atoms with Crippen LogP contribution in [0.5, 0.6) is 0 Å². The van der Waals surface area contributed by atoms with Gasteiger partial charge in [-0.1, -0.05) is 23.1 Å². The van der Waals surface area contributed by atoms with Crippen LogP contribution in [0.15, 0.2) is 91.1 Å².